The molecule has 3 nitrogen and oxygen atoms in total. The molecule has 1 N–H and O–H groups in total. The molecule has 2 rings (SSSR count). The van der Waals surface area contributed by atoms with Crippen LogP contribution in [0.5, 0.6) is 0 Å². The minimum Gasteiger partial charge on any atom is -0.387 e. The summed E-state index contributed by atoms with van der Waals surface area (Å²) in [5.74, 6) is 0. The van der Waals surface area contributed by atoms with Crippen molar-refractivity contribution >= 4 is 0 Å². The largest absolute Gasteiger partial charge is 0.387 e. The third-order valence-electron chi connectivity index (χ3n) is 3.65. The fraction of sp³-hybridized carbons (Fsp3) is 0.471. The molecule has 0 aliphatic carbocycles. The van der Waals surface area contributed by atoms with E-state index in [1.807, 2.05) is 16.8 Å². The van der Waals surface area contributed by atoms with Crippen LogP contribution in [0, 0.1) is 0 Å². The van der Waals surface area contributed by atoms with E-state index in [1.54, 1.807) is 0 Å². The van der Waals surface area contributed by atoms with Crippen molar-refractivity contribution in [3.63, 3.8) is 0 Å². The number of aliphatic hydroxyl groups excluding tert-OH is 1. The van der Waals surface area contributed by atoms with Crippen LogP contribution in [-0.4, -0.2) is 14.9 Å². The lowest BCUT2D eigenvalue weighted by molar-refractivity contribution is 0.154. The van der Waals surface area contributed by atoms with E-state index in [9.17, 15) is 5.11 Å². The van der Waals surface area contributed by atoms with Crippen LogP contribution in [0.1, 0.15) is 49.7 Å². The Labute approximate surface area is 121 Å². The molecule has 2 aromatic rings. The monoisotopic (exact) mass is 272 g/mol. The van der Waals surface area contributed by atoms with Gasteiger partial charge in [0.05, 0.1) is 17.5 Å². The average Bonchev–Trinajstić information content (AvgIpc) is 2.91. The van der Waals surface area contributed by atoms with Crippen molar-refractivity contribution in [1.29, 1.82) is 0 Å². The molecule has 0 aliphatic heterocycles. The lowest BCUT2D eigenvalue weighted by Crippen LogP contribution is -2.08. The van der Waals surface area contributed by atoms with Crippen LogP contribution >= 0.6 is 0 Å². The van der Waals surface area contributed by atoms with Gasteiger partial charge in [-0.1, -0.05) is 37.3 Å². The molecular weight excluding hydrogens is 248 g/mol. The first kappa shape index (κ1) is 14.8. The standard InChI is InChI=1S/C17H24N2O/c1-3-15-13-16(19(4-2)18-15)17(20)12-8-11-14-9-6-5-7-10-14/h5-7,9-10,13,17,20H,3-4,8,11-12H2,1-2H3. The van der Waals surface area contributed by atoms with Gasteiger partial charge in [-0.25, -0.2) is 0 Å². The van der Waals surface area contributed by atoms with E-state index in [-0.39, 0.29) is 0 Å². The van der Waals surface area contributed by atoms with Crippen LogP contribution in [0.15, 0.2) is 36.4 Å². The van der Waals surface area contributed by atoms with Gasteiger partial charge in [0.2, 0.25) is 0 Å². The first-order chi connectivity index (χ1) is 9.74. The number of aliphatic hydroxyl groups is 1. The highest BCUT2D eigenvalue weighted by Crippen LogP contribution is 2.21. The Balaban J connectivity index is 1.91. The maximum Gasteiger partial charge on any atom is 0.0956 e. The highest BCUT2D eigenvalue weighted by atomic mass is 16.3. The first-order valence-corrected chi connectivity index (χ1v) is 7.53. The van der Waals surface area contributed by atoms with E-state index < -0.39 is 6.10 Å². The lowest BCUT2D eigenvalue weighted by atomic mass is 10.0. The van der Waals surface area contributed by atoms with Crippen LogP contribution in [0.4, 0.5) is 0 Å². The molecule has 0 spiro atoms. The summed E-state index contributed by atoms with van der Waals surface area (Å²) < 4.78 is 1.92. The van der Waals surface area contributed by atoms with Crippen molar-refractivity contribution in [1.82, 2.24) is 9.78 Å². The Morgan fingerprint density at radius 1 is 1.20 bits per heavy atom. The molecule has 0 saturated carbocycles. The van der Waals surface area contributed by atoms with E-state index in [4.69, 9.17) is 0 Å². The lowest BCUT2D eigenvalue weighted by Gasteiger charge is -2.12. The summed E-state index contributed by atoms with van der Waals surface area (Å²) in [5.41, 5.74) is 3.35. The van der Waals surface area contributed by atoms with E-state index in [0.29, 0.717) is 0 Å². The third-order valence-corrected chi connectivity index (χ3v) is 3.65. The minimum atomic E-state index is -0.411. The molecule has 1 atom stereocenters. The van der Waals surface area contributed by atoms with Gasteiger partial charge in [-0.2, -0.15) is 5.10 Å². The number of hydrogen-bond acceptors (Lipinski definition) is 2. The van der Waals surface area contributed by atoms with E-state index in [2.05, 4.69) is 43.2 Å². The van der Waals surface area contributed by atoms with Crippen LogP contribution < -0.4 is 0 Å². The zero-order chi connectivity index (χ0) is 14.4. The third kappa shape index (κ3) is 3.70. The Morgan fingerprint density at radius 3 is 2.60 bits per heavy atom. The van der Waals surface area contributed by atoms with Gasteiger partial charge in [-0.3, -0.25) is 4.68 Å². The molecule has 20 heavy (non-hydrogen) atoms. The maximum absolute atomic E-state index is 10.4. The molecule has 108 valence electrons. The summed E-state index contributed by atoms with van der Waals surface area (Å²) in [6.45, 7) is 4.96. The van der Waals surface area contributed by atoms with Gasteiger partial charge in [-0.15, -0.1) is 0 Å². The summed E-state index contributed by atoms with van der Waals surface area (Å²) in [4.78, 5) is 0. The predicted octanol–water partition coefficient (Wildman–Crippen LogP) is 3.52. The molecule has 1 aromatic heterocycles. The van der Waals surface area contributed by atoms with Gasteiger partial charge >= 0.3 is 0 Å². The van der Waals surface area contributed by atoms with Crippen molar-refractivity contribution < 1.29 is 5.11 Å². The fourth-order valence-electron chi connectivity index (χ4n) is 2.47. The molecule has 0 bridgehead atoms. The highest BCUT2D eigenvalue weighted by Gasteiger charge is 2.14. The molecule has 0 saturated heterocycles. The summed E-state index contributed by atoms with van der Waals surface area (Å²) in [6.07, 6.45) is 3.28. The van der Waals surface area contributed by atoms with E-state index in [1.165, 1.54) is 5.56 Å². The first-order valence-electron chi connectivity index (χ1n) is 7.53. The van der Waals surface area contributed by atoms with Crippen LogP contribution in [0.25, 0.3) is 0 Å². The minimum absolute atomic E-state index is 0.411. The van der Waals surface area contributed by atoms with Crippen molar-refractivity contribution in [3.8, 4) is 0 Å². The van der Waals surface area contributed by atoms with Crippen molar-refractivity contribution in [2.24, 2.45) is 0 Å². The topological polar surface area (TPSA) is 38.0 Å². The Bertz CT molecular complexity index is 519. The molecule has 0 radical (unpaired) electrons. The molecule has 0 amide bonds. The zero-order valence-corrected chi connectivity index (χ0v) is 12.4. The number of aromatic nitrogens is 2. The van der Waals surface area contributed by atoms with Gasteiger partial charge < -0.3 is 5.11 Å². The second kappa shape index (κ2) is 7.25. The fourth-order valence-corrected chi connectivity index (χ4v) is 2.47. The van der Waals surface area contributed by atoms with Gasteiger partial charge in [0.25, 0.3) is 0 Å². The number of hydrogen-bond donors (Lipinski definition) is 1. The number of rotatable bonds is 7. The summed E-state index contributed by atoms with van der Waals surface area (Å²) in [7, 11) is 0. The number of benzene rings is 1. The number of nitrogens with zero attached hydrogens (tertiary/aromatic N) is 2. The molecule has 0 aliphatic rings. The van der Waals surface area contributed by atoms with Gasteiger partial charge in [0.1, 0.15) is 0 Å². The predicted molar refractivity (Wildman–Crippen MR) is 81.6 cm³/mol. The SMILES string of the molecule is CCc1cc(C(O)CCCc2ccccc2)n(CC)n1. The quantitative estimate of drug-likeness (QED) is 0.837. The van der Waals surface area contributed by atoms with Crippen LogP contribution in [0.2, 0.25) is 0 Å². The molecule has 0 fully saturated rings. The maximum atomic E-state index is 10.4. The van der Waals surface area contributed by atoms with Crippen LogP contribution in [-0.2, 0) is 19.4 Å². The van der Waals surface area contributed by atoms with E-state index >= 15 is 0 Å². The normalized spacial score (nSPS) is 12.6. The Kier molecular flexibility index (Phi) is 5.36. The molecular formula is C17H24N2O. The highest BCUT2D eigenvalue weighted by molar-refractivity contribution is 5.15. The molecule has 1 heterocycles. The number of aryl methyl sites for hydroxylation is 3. The summed E-state index contributed by atoms with van der Waals surface area (Å²) >= 11 is 0. The Hall–Kier alpha value is -1.61. The zero-order valence-electron chi connectivity index (χ0n) is 12.4. The van der Waals surface area contributed by atoms with Crippen LogP contribution in [0.3, 0.4) is 0 Å². The molecule has 1 unspecified atom stereocenters. The smallest absolute Gasteiger partial charge is 0.0956 e. The molecule has 3 heteroatoms. The van der Waals surface area contributed by atoms with Crippen molar-refractivity contribution in [2.75, 3.05) is 0 Å². The van der Waals surface area contributed by atoms with Gasteiger partial charge in [0, 0.05) is 6.54 Å². The average molecular weight is 272 g/mol. The summed E-state index contributed by atoms with van der Waals surface area (Å²) in [5, 5.41) is 14.8. The van der Waals surface area contributed by atoms with Gasteiger partial charge in [-0.05, 0) is 44.2 Å². The Morgan fingerprint density at radius 2 is 1.95 bits per heavy atom. The second-order valence-corrected chi connectivity index (χ2v) is 5.12. The summed E-state index contributed by atoms with van der Waals surface area (Å²) in [6, 6.07) is 12.5. The van der Waals surface area contributed by atoms with Crippen molar-refractivity contribution in [3.05, 3.63) is 53.3 Å². The van der Waals surface area contributed by atoms with E-state index in [0.717, 1.165) is 43.6 Å². The van der Waals surface area contributed by atoms with Crippen molar-refractivity contribution in [2.45, 2.75) is 52.2 Å². The second-order valence-electron chi connectivity index (χ2n) is 5.12. The van der Waals surface area contributed by atoms with Gasteiger partial charge in [0.15, 0.2) is 0 Å². The molecule has 1 aromatic carbocycles.